The fourth-order valence-electron chi connectivity index (χ4n) is 2.62. The minimum atomic E-state index is 0.350. The Hall–Kier alpha value is -0.160. The van der Waals surface area contributed by atoms with Gasteiger partial charge >= 0.3 is 0 Å². The highest BCUT2D eigenvalue weighted by molar-refractivity contribution is 9.12. The minimum absolute atomic E-state index is 0.350. The van der Waals surface area contributed by atoms with Crippen LogP contribution in [0.5, 0.6) is 0 Å². The van der Waals surface area contributed by atoms with Crippen LogP contribution in [-0.4, -0.2) is 6.54 Å². The number of hydrogen-bond donors (Lipinski definition) is 1. The maximum atomic E-state index is 3.70. The second-order valence-corrected chi connectivity index (χ2v) is 9.24. The van der Waals surface area contributed by atoms with Crippen LogP contribution in [0, 0.1) is 13.8 Å². The van der Waals surface area contributed by atoms with E-state index in [-0.39, 0.29) is 0 Å². The monoisotopic (exact) mass is 429 g/mol. The fourth-order valence-corrected chi connectivity index (χ4v) is 5.60. The summed E-state index contributed by atoms with van der Waals surface area (Å²) >= 11 is 9.03. The maximum absolute atomic E-state index is 3.70. The van der Waals surface area contributed by atoms with E-state index in [4.69, 9.17) is 0 Å². The van der Waals surface area contributed by atoms with E-state index in [1.54, 1.807) is 11.3 Å². The molecule has 0 spiro atoms. The molecule has 2 aromatic rings. The lowest BCUT2D eigenvalue weighted by Gasteiger charge is -2.19. The van der Waals surface area contributed by atoms with Crippen molar-refractivity contribution in [3.05, 3.63) is 54.1 Å². The van der Waals surface area contributed by atoms with Crippen LogP contribution in [-0.2, 0) is 6.42 Å². The van der Waals surface area contributed by atoms with Gasteiger partial charge in [-0.3, -0.25) is 0 Å². The molecule has 1 aromatic heterocycles. The fraction of sp³-hybridized carbons (Fsp3) is 0.412. The molecule has 0 amide bonds. The van der Waals surface area contributed by atoms with E-state index in [1.165, 1.54) is 29.8 Å². The third kappa shape index (κ3) is 4.92. The van der Waals surface area contributed by atoms with Crippen molar-refractivity contribution < 1.29 is 0 Å². The van der Waals surface area contributed by atoms with E-state index < -0.39 is 0 Å². The SMILES string of the molecule is CCCNC(Cc1cc(C)cc(C)c1)c1cc(Br)sc1Br. The molecule has 1 unspecified atom stereocenters. The Morgan fingerprint density at radius 2 is 1.76 bits per heavy atom. The van der Waals surface area contributed by atoms with Crippen molar-refractivity contribution in [2.24, 2.45) is 0 Å². The highest BCUT2D eigenvalue weighted by Gasteiger charge is 2.17. The third-order valence-corrected chi connectivity index (χ3v) is 5.81. The summed E-state index contributed by atoms with van der Waals surface area (Å²) in [5, 5.41) is 3.68. The smallest absolute Gasteiger partial charge is 0.0758 e. The number of thiophene rings is 1. The average Bonchev–Trinajstić information content (AvgIpc) is 2.72. The molecule has 0 saturated carbocycles. The second kappa shape index (κ2) is 7.91. The average molecular weight is 431 g/mol. The Balaban J connectivity index is 2.25. The summed E-state index contributed by atoms with van der Waals surface area (Å²) in [4.78, 5) is 0. The van der Waals surface area contributed by atoms with Gasteiger partial charge in [0.2, 0.25) is 0 Å². The second-order valence-electron chi connectivity index (χ2n) is 5.49. The molecule has 1 aromatic carbocycles. The molecular formula is C17H21Br2NS. The largest absolute Gasteiger partial charge is 0.310 e. The van der Waals surface area contributed by atoms with E-state index in [2.05, 4.69) is 82.2 Å². The van der Waals surface area contributed by atoms with E-state index >= 15 is 0 Å². The summed E-state index contributed by atoms with van der Waals surface area (Å²) in [7, 11) is 0. The predicted molar refractivity (Wildman–Crippen MR) is 100 cm³/mol. The first-order valence-electron chi connectivity index (χ1n) is 7.25. The van der Waals surface area contributed by atoms with Crippen LogP contribution in [0.1, 0.15) is 41.6 Å². The zero-order chi connectivity index (χ0) is 15.4. The number of hydrogen-bond acceptors (Lipinski definition) is 2. The summed E-state index contributed by atoms with van der Waals surface area (Å²) in [6.45, 7) is 7.58. The number of nitrogens with one attached hydrogen (secondary N) is 1. The molecular weight excluding hydrogens is 410 g/mol. The van der Waals surface area contributed by atoms with Gasteiger partial charge in [-0.25, -0.2) is 0 Å². The van der Waals surface area contributed by atoms with Crippen LogP contribution in [0.25, 0.3) is 0 Å². The lowest BCUT2D eigenvalue weighted by molar-refractivity contribution is 0.529. The first kappa shape index (κ1) is 17.2. The quantitative estimate of drug-likeness (QED) is 0.577. The van der Waals surface area contributed by atoms with Gasteiger partial charge in [-0.15, -0.1) is 11.3 Å². The van der Waals surface area contributed by atoms with E-state index in [1.807, 2.05) is 0 Å². The Kier molecular flexibility index (Phi) is 6.48. The van der Waals surface area contributed by atoms with Crippen molar-refractivity contribution in [2.45, 2.75) is 39.7 Å². The highest BCUT2D eigenvalue weighted by atomic mass is 79.9. The van der Waals surface area contributed by atoms with Crippen molar-refractivity contribution in [1.29, 1.82) is 0 Å². The standard InChI is InChI=1S/C17H21Br2NS/c1-4-5-20-15(14-10-16(18)21-17(14)19)9-13-7-11(2)6-12(3)8-13/h6-8,10,15,20H,4-5,9H2,1-3H3. The molecule has 21 heavy (non-hydrogen) atoms. The van der Waals surface area contributed by atoms with Crippen molar-refractivity contribution in [1.82, 2.24) is 5.32 Å². The molecule has 1 atom stereocenters. The summed E-state index contributed by atoms with van der Waals surface area (Å²) in [6, 6.07) is 9.40. The topological polar surface area (TPSA) is 12.0 Å². The molecule has 0 bridgehead atoms. The molecule has 0 fully saturated rings. The Bertz CT molecular complexity index is 587. The van der Waals surface area contributed by atoms with Gasteiger partial charge in [-0.2, -0.15) is 0 Å². The van der Waals surface area contributed by atoms with Crippen LogP contribution in [0.15, 0.2) is 31.8 Å². The van der Waals surface area contributed by atoms with Gasteiger partial charge in [0.05, 0.1) is 7.57 Å². The number of halogens is 2. The highest BCUT2D eigenvalue weighted by Crippen LogP contribution is 2.36. The number of aryl methyl sites for hydroxylation is 2. The normalized spacial score (nSPS) is 12.6. The lowest BCUT2D eigenvalue weighted by atomic mass is 9.98. The molecule has 1 N–H and O–H groups in total. The number of benzene rings is 1. The lowest BCUT2D eigenvalue weighted by Crippen LogP contribution is -2.24. The molecule has 0 saturated heterocycles. The van der Waals surface area contributed by atoms with Gasteiger partial charge < -0.3 is 5.32 Å². The summed E-state index contributed by atoms with van der Waals surface area (Å²) in [5.74, 6) is 0. The molecule has 114 valence electrons. The van der Waals surface area contributed by atoms with Crippen molar-refractivity contribution in [2.75, 3.05) is 6.54 Å². The van der Waals surface area contributed by atoms with Gasteiger partial charge in [-0.05, 0) is 82.3 Å². The van der Waals surface area contributed by atoms with E-state index in [9.17, 15) is 0 Å². The molecule has 1 heterocycles. The van der Waals surface area contributed by atoms with Gasteiger partial charge in [-0.1, -0.05) is 36.2 Å². The first-order valence-corrected chi connectivity index (χ1v) is 9.65. The summed E-state index contributed by atoms with van der Waals surface area (Å²) in [5.41, 5.74) is 5.42. The molecule has 0 aliphatic heterocycles. The predicted octanol–water partition coefficient (Wildman–Crippen LogP) is 6.17. The van der Waals surface area contributed by atoms with Gasteiger partial charge in [0.25, 0.3) is 0 Å². The molecule has 4 heteroatoms. The molecule has 0 aliphatic rings. The maximum Gasteiger partial charge on any atom is 0.0758 e. The molecule has 0 radical (unpaired) electrons. The van der Waals surface area contributed by atoms with Crippen molar-refractivity contribution >= 4 is 43.2 Å². The van der Waals surface area contributed by atoms with Crippen LogP contribution >= 0.6 is 43.2 Å². The first-order chi connectivity index (χ1) is 9.99. The van der Waals surface area contributed by atoms with Crippen LogP contribution in [0.2, 0.25) is 0 Å². The zero-order valence-electron chi connectivity index (χ0n) is 12.7. The zero-order valence-corrected chi connectivity index (χ0v) is 16.7. The van der Waals surface area contributed by atoms with Crippen LogP contribution in [0.4, 0.5) is 0 Å². The van der Waals surface area contributed by atoms with E-state index in [0.717, 1.165) is 19.4 Å². The van der Waals surface area contributed by atoms with Gasteiger partial charge in [0.15, 0.2) is 0 Å². The van der Waals surface area contributed by atoms with Crippen molar-refractivity contribution in [3.63, 3.8) is 0 Å². The summed E-state index contributed by atoms with van der Waals surface area (Å²) < 4.78 is 2.39. The third-order valence-electron chi connectivity index (χ3n) is 3.42. The molecule has 1 nitrogen and oxygen atoms in total. The van der Waals surface area contributed by atoms with E-state index in [0.29, 0.717) is 6.04 Å². The Morgan fingerprint density at radius 1 is 1.10 bits per heavy atom. The summed E-state index contributed by atoms with van der Waals surface area (Å²) in [6.07, 6.45) is 2.16. The van der Waals surface area contributed by atoms with Crippen molar-refractivity contribution in [3.8, 4) is 0 Å². The Morgan fingerprint density at radius 3 is 2.29 bits per heavy atom. The van der Waals surface area contributed by atoms with Crippen LogP contribution in [0.3, 0.4) is 0 Å². The van der Waals surface area contributed by atoms with Crippen LogP contribution < -0.4 is 5.32 Å². The van der Waals surface area contributed by atoms with Gasteiger partial charge in [0, 0.05) is 6.04 Å². The minimum Gasteiger partial charge on any atom is -0.310 e. The Labute approximate surface area is 148 Å². The van der Waals surface area contributed by atoms with Gasteiger partial charge in [0.1, 0.15) is 0 Å². The number of rotatable bonds is 6. The molecule has 2 rings (SSSR count). The molecule has 0 aliphatic carbocycles.